The van der Waals surface area contributed by atoms with Gasteiger partial charge >= 0.3 is 0 Å². The van der Waals surface area contributed by atoms with E-state index in [2.05, 4.69) is 37.9 Å². The number of fused-ring (bicyclic) bond motifs is 1. The van der Waals surface area contributed by atoms with Crippen molar-refractivity contribution in [2.24, 2.45) is 0 Å². The van der Waals surface area contributed by atoms with Crippen LogP contribution in [0.25, 0.3) is 0 Å². The maximum atomic E-state index is 12.5. The molecule has 0 radical (unpaired) electrons. The van der Waals surface area contributed by atoms with Crippen molar-refractivity contribution < 1.29 is 4.79 Å². The van der Waals surface area contributed by atoms with Crippen molar-refractivity contribution in [1.82, 2.24) is 25.7 Å². The first-order valence-corrected chi connectivity index (χ1v) is 7.93. The molecule has 0 saturated carbocycles. The fourth-order valence-corrected chi connectivity index (χ4v) is 2.96. The number of amides is 1. The second-order valence-corrected chi connectivity index (χ2v) is 6.06. The van der Waals surface area contributed by atoms with Crippen LogP contribution in [-0.4, -0.2) is 48.2 Å². The molecule has 1 atom stereocenters. The van der Waals surface area contributed by atoms with Gasteiger partial charge in [-0.05, 0) is 19.7 Å². The fraction of sp³-hybridized carbons (Fsp3) is 0.412. The van der Waals surface area contributed by atoms with Gasteiger partial charge in [0.05, 0.1) is 6.04 Å². The summed E-state index contributed by atoms with van der Waals surface area (Å²) in [6, 6.07) is 10.3. The van der Waals surface area contributed by atoms with Gasteiger partial charge in [0, 0.05) is 37.3 Å². The van der Waals surface area contributed by atoms with Crippen molar-refractivity contribution in [3.8, 4) is 0 Å². The van der Waals surface area contributed by atoms with Crippen LogP contribution in [0.15, 0.2) is 30.3 Å². The second kappa shape index (κ2) is 9.77. The van der Waals surface area contributed by atoms with Gasteiger partial charge in [0.1, 0.15) is 0 Å². The summed E-state index contributed by atoms with van der Waals surface area (Å²) in [5.74, 6) is -0.117. The van der Waals surface area contributed by atoms with Gasteiger partial charge in [-0.2, -0.15) is 5.10 Å². The number of aromatic nitrogens is 2. The van der Waals surface area contributed by atoms with E-state index in [-0.39, 0.29) is 36.8 Å². The lowest BCUT2D eigenvalue weighted by molar-refractivity contribution is 0.0935. The quantitative estimate of drug-likeness (QED) is 0.734. The van der Waals surface area contributed by atoms with E-state index in [0.29, 0.717) is 18.8 Å². The maximum absolute atomic E-state index is 12.5. The Balaban J connectivity index is 0.00000156. The normalized spacial score (nSPS) is 14.0. The number of halogens is 2. The minimum absolute atomic E-state index is 0. The molecule has 1 aliphatic heterocycles. The van der Waals surface area contributed by atoms with E-state index in [1.54, 1.807) is 0 Å². The average Bonchev–Trinajstić information content (AvgIpc) is 2.99. The Morgan fingerprint density at radius 1 is 1.28 bits per heavy atom. The molecule has 1 aromatic heterocycles. The van der Waals surface area contributed by atoms with Crippen molar-refractivity contribution in [3.05, 3.63) is 52.8 Å². The number of hydrogen-bond donors (Lipinski definition) is 3. The van der Waals surface area contributed by atoms with Gasteiger partial charge in [-0.3, -0.25) is 9.89 Å². The predicted octanol–water partition coefficient (Wildman–Crippen LogP) is 1.93. The van der Waals surface area contributed by atoms with E-state index in [9.17, 15) is 4.79 Å². The van der Waals surface area contributed by atoms with Gasteiger partial charge in [-0.15, -0.1) is 24.8 Å². The zero-order valence-corrected chi connectivity index (χ0v) is 16.0. The molecule has 1 amide bonds. The summed E-state index contributed by atoms with van der Waals surface area (Å²) in [7, 11) is 4.04. The molecule has 1 aliphatic rings. The average molecular weight is 386 g/mol. The molecule has 1 aromatic carbocycles. The number of carbonyl (C=O) groups excluding carboxylic acids is 1. The van der Waals surface area contributed by atoms with E-state index in [4.69, 9.17) is 0 Å². The Kier molecular flexibility index (Phi) is 8.38. The largest absolute Gasteiger partial charge is 0.349 e. The fourth-order valence-electron chi connectivity index (χ4n) is 2.96. The van der Waals surface area contributed by atoms with Crippen LogP contribution in [0.1, 0.15) is 33.4 Å². The SMILES string of the molecule is CN(C)C(CNC(=O)c1n[nH]c2c1CNCC2)c1ccccc1.Cl.Cl. The molecular weight excluding hydrogens is 361 g/mol. The molecule has 0 bridgehead atoms. The highest BCUT2D eigenvalue weighted by Gasteiger charge is 2.22. The van der Waals surface area contributed by atoms with Crippen molar-refractivity contribution >= 4 is 30.7 Å². The lowest BCUT2D eigenvalue weighted by atomic mass is 10.1. The number of benzene rings is 1. The molecule has 1 unspecified atom stereocenters. The van der Waals surface area contributed by atoms with Crippen LogP contribution in [0.4, 0.5) is 0 Å². The van der Waals surface area contributed by atoms with Gasteiger partial charge in [-0.25, -0.2) is 0 Å². The summed E-state index contributed by atoms with van der Waals surface area (Å²) in [5.41, 5.74) is 3.76. The Morgan fingerprint density at radius 2 is 2.00 bits per heavy atom. The summed E-state index contributed by atoms with van der Waals surface area (Å²) in [6.45, 7) is 2.17. The standard InChI is InChI=1S/C17H23N5O.2ClH/c1-22(2)15(12-6-4-3-5-7-12)11-19-17(23)16-13-10-18-9-8-14(13)20-21-16;;/h3-7,15,18H,8-11H2,1-2H3,(H,19,23)(H,20,21);2*1H. The molecule has 0 fully saturated rings. The lowest BCUT2D eigenvalue weighted by Crippen LogP contribution is -2.35. The lowest BCUT2D eigenvalue weighted by Gasteiger charge is -2.25. The summed E-state index contributed by atoms with van der Waals surface area (Å²) >= 11 is 0. The predicted molar refractivity (Wildman–Crippen MR) is 104 cm³/mol. The Bertz CT molecular complexity index is 675. The molecule has 2 aromatic rings. The Hall–Kier alpha value is -1.60. The summed E-state index contributed by atoms with van der Waals surface area (Å²) in [5, 5.41) is 13.5. The van der Waals surface area contributed by atoms with Gasteiger partial charge in [0.2, 0.25) is 0 Å². The zero-order valence-electron chi connectivity index (χ0n) is 14.4. The third kappa shape index (κ3) is 4.95. The van der Waals surface area contributed by atoms with E-state index < -0.39 is 0 Å². The molecule has 25 heavy (non-hydrogen) atoms. The molecule has 0 saturated heterocycles. The van der Waals surface area contributed by atoms with Crippen molar-refractivity contribution in [1.29, 1.82) is 0 Å². The number of carbonyl (C=O) groups is 1. The monoisotopic (exact) mass is 385 g/mol. The van der Waals surface area contributed by atoms with E-state index >= 15 is 0 Å². The molecule has 3 rings (SSSR count). The minimum Gasteiger partial charge on any atom is -0.349 e. The van der Waals surface area contributed by atoms with E-state index in [1.807, 2.05) is 32.3 Å². The Labute approximate surface area is 160 Å². The first-order chi connectivity index (χ1) is 11.2. The van der Waals surface area contributed by atoms with Crippen molar-refractivity contribution in [2.45, 2.75) is 19.0 Å². The van der Waals surface area contributed by atoms with Crippen LogP contribution in [0.3, 0.4) is 0 Å². The first-order valence-electron chi connectivity index (χ1n) is 7.93. The van der Waals surface area contributed by atoms with Crippen LogP contribution in [0.2, 0.25) is 0 Å². The molecule has 0 spiro atoms. The smallest absolute Gasteiger partial charge is 0.272 e. The third-order valence-electron chi connectivity index (χ3n) is 4.29. The summed E-state index contributed by atoms with van der Waals surface area (Å²) < 4.78 is 0. The van der Waals surface area contributed by atoms with Crippen LogP contribution in [-0.2, 0) is 13.0 Å². The van der Waals surface area contributed by atoms with Crippen LogP contribution in [0.5, 0.6) is 0 Å². The molecule has 8 heteroatoms. The summed E-state index contributed by atoms with van der Waals surface area (Å²) in [4.78, 5) is 14.6. The highest BCUT2D eigenvalue weighted by molar-refractivity contribution is 5.94. The number of hydrogen-bond acceptors (Lipinski definition) is 4. The number of likely N-dealkylation sites (N-methyl/N-ethyl adjacent to an activating group) is 1. The van der Waals surface area contributed by atoms with Crippen LogP contribution < -0.4 is 10.6 Å². The molecular formula is C17H25Cl2N5O. The molecule has 138 valence electrons. The number of H-pyrrole nitrogens is 1. The number of nitrogens with one attached hydrogen (secondary N) is 3. The molecule has 2 heterocycles. The maximum Gasteiger partial charge on any atom is 0.272 e. The van der Waals surface area contributed by atoms with Crippen LogP contribution in [0, 0.1) is 0 Å². The number of aromatic amines is 1. The van der Waals surface area contributed by atoms with E-state index in [0.717, 1.165) is 24.2 Å². The van der Waals surface area contributed by atoms with Crippen LogP contribution >= 0.6 is 24.8 Å². The highest BCUT2D eigenvalue weighted by Crippen LogP contribution is 2.18. The van der Waals surface area contributed by atoms with Gasteiger partial charge < -0.3 is 15.5 Å². The van der Waals surface area contributed by atoms with Crippen molar-refractivity contribution in [3.63, 3.8) is 0 Å². The van der Waals surface area contributed by atoms with Gasteiger partial charge in [0.25, 0.3) is 5.91 Å². The summed E-state index contributed by atoms with van der Waals surface area (Å²) in [6.07, 6.45) is 0.889. The number of nitrogens with zero attached hydrogens (tertiary/aromatic N) is 2. The molecule has 6 nitrogen and oxygen atoms in total. The van der Waals surface area contributed by atoms with E-state index in [1.165, 1.54) is 5.56 Å². The molecule has 3 N–H and O–H groups in total. The molecule has 0 aliphatic carbocycles. The second-order valence-electron chi connectivity index (χ2n) is 6.06. The van der Waals surface area contributed by atoms with Crippen molar-refractivity contribution in [2.75, 3.05) is 27.2 Å². The van der Waals surface area contributed by atoms with Gasteiger partial charge in [-0.1, -0.05) is 30.3 Å². The zero-order chi connectivity index (χ0) is 16.2. The highest BCUT2D eigenvalue weighted by atomic mass is 35.5. The minimum atomic E-state index is -0.117. The van der Waals surface area contributed by atoms with Gasteiger partial charge in [0.15, 0.2) is 5.69 Å². The Morgan fingerprint density at radius 3 is 2.68 bits per heavy atom. The number of rotatable bonds is 5. The third-order valence-corrected chi connectivity index (χ3v) is 4.29. The topological polar surface area (TPSA) is 73.0 Å². The first kappa shape index (κ1) is 21.4.